The summed E-state index contributed by atoms with van der Waals surface area (Å²) in [6, 6.07) is 16.2. The number of carbonyl (C=O) groups is 2. The van der Waals surface area contributed by atoms with E-state index >= 15 is 0 Å². The van der Waals surface area contributed by atoms with Crippen molar-refractivity contribution < 1.29 is 18.7 Å². The molecule has 0 aliphatic carbocycles. The van der Waals surface area contributed by atoms with E-state index in [1.54, 1.807) is 23.1 Å². The Kier molecular flexibility index (Phi) is 7.28. The Balaban J connectivity index is 1.45. The SMILES string of the molecule is CCC(=O)C1(c2ccccc2)CCN(C(=O)c2cnc(N3CCOCC3)nc2-c2ccccc2F)CC1. The molecule has 5 rings (SSSR count). The molecule has 192 valence electrons. The van der Waals surface area contributed by atoms with Crippen LogP contribution in [0, 0.1) is 5.82 Å². The molecule has 2 saturated heterocycles. The highest BCUT2D eigenvalue weighted by molar-refractivity contribution is 6.00. The third-order valence-corrected chi connectivity index (χ3v) is 7.51. The van der Waals surface area contributed by atoms with E-state index in [1.807, 2.05) is 42.2 Å². The molecule has 8 heteroatoms. The summed E-state index contributed by atoms with van der Waals surface area (Å²) in [6.07, 6.45) is 3.03. The first-order chi connectivity index (χ1) is 18.0. The first-order valence-corrected chi connectivity index (χ1v) is 12.9. The van der Waals surface area contributed by atoms with E-state index < -0.39 is 11.2 Å². The standard InChI is InChI=1S/C29H31FN4O3/c1-2-25(35)29(21-8-4-3-5-9-21)12-14-33(15-13-29)27(36)23-20-31-28(34-16-18-37-19-17-34)32-26(23)22-10-6-7-11-24(22)30/h3-11,20H,2,12-19H2,1H3. The minimum Gasteiger partial charge on any atom is -0.378 e. The molecule has 37 heavy (non-hydrogen) atoms. The van der Waals surface area contributed by atoms with Crippen molar-refractivity contribution in [3.8, 4) is 11.3 Å². The van der Waals surface area contributed by atoms with Gasteiger partial charge < -0.3 is 14.5 Å². The molecule has 1 aromatic heterocycles. The summed E-state index contributed by atoms with van der Waals surface area (Å²) in [6.45, 7) is 5.10. The van der Waals surface area contributed by atoms with Gasteiger partial charge in [0.2, 0.25) is 5.95 Å². The Labute approximate surface area is 216 Å². The second kappa shape index (κ2) is 10.8. The van der Waals surface area contributed by atoms with E-state index in [-0.39, 0.29) is 28.5 Å². The van der Waals surface area contributed by atoms with Crippen LogP contribution in [0.2, 0.25) is 0 Å². The third kappa shape index (κ3) is 4.85. The fraction of sp³-hybridized carbons (Fsp3) is 0.379. The third-order valence-electron chi connectivity index (χ3n) is 7.51. The van der Waals surface area contributed by atoms with Gasteiger partial charge in [0.25, 0.3) is 5.91 Å². The smallest absolute Gasteiger partial charge is 0.257 e. The number of halogens is 1. The molecule has 2 fully saturated rings. The normalized spacial score (nSPS) is 17.5. The van der Waals surface area contributed by atoms with Gasteiger partial charge in [-0.25, -0.2) is 14.4 Å². The van der Waals surface area contributed by atoms with E-state index in [0.717, 1.165) is 5.56 Å². The van der Waals surface area contributed by atoms with Crippen molar-refractivity contribution in [1.29, 1.82) is 0 Å². The number of likely N-dealkylation sites (tertiary alicyclic amines) is 1. The fourth-order valence-corrected chi connectivity index (χ4v) is 5.39. The first kappa shape index (κ1) is 25.0. The van der Waals surface area contributed by atoms with Gasteiger partial charge in [0.1, 0.15) is 11.6 Å². The Morgan fingerprint density at radius 1 is 0.973 bits per heavy atom. The topological polar surface area (TPSA) is 75.6 Å². The number of ether oxygens (including phenoxy) is 1. The van der Waals surface area contributed by atoms with Crippen molar-refractivity contribution in [2.45, 2.75) is 31.6 Å². The Bertz CT molecular complexity index is 1270. The summed E-state index contributed by atoms with van der Waals surface area (Å²) in [5.41, 5.74) is 1.21. The van der Waals surface area contributed by atoms with Crippen LogP contribution in [0.4, 0.5) is 10.3 Å². The first-order valence-electron chi connectivity index (χ1n) is 12.9. The van der Waals surface area contributed by atoms with Gasteiger partial charge in [-0.3, -0.25) is 9.59 Å². The summed E-state index contributed by atoms with van der Waals surface area (Å²) in [5, 5.41) is 0. The molecular formula is C29H31FN4O3. The predicted octanol–water partition coefficient (Wildman–Crippen LogP) is 4.27. The van der Waals surface area contributed by atoms with Gasteiger partial charge in [-0.15, -0.1) is 0 Å². The van der Waals surface area contributed by atoms with Gasteiger partial charge in [-0.2, -0.15) is 0 Å². The zero-order valence-electron chi connectivity index (χ0n) is 21.0. The van der Waals surface area contributed by atoms with E-state index in [4.69, 9.17) is 4.74 Å². The average Bonchev–Trinajstić information content (AvgIpc) is 2.97. The molecule has 0 unspecified atom stereocenters. The summed E-state index contributed by atoms with van der Waals surface area (Å²) in [5.74, 6) is -0.0553. The second-order valence-electron chi connectivity index (χ2n) is 9.53. The molecule has 0 atom stereocenters. The van der Waals surface area contributed by atoms with Gasteiger partial charge in [-0.1, -0.05) is 49.4 Å². The van der Waals surface area contributed by atoms with Crippen molar-refractivity contribution >= 4 is 17.6 Å². The van der Waals surface area contributed by atoms with Crippen LogP contribution < -0.4 is 4.90 Å². The lowest BCUT2D eigenvalue weighted by molar-refractivity contribution is -0.126. The summed E-state index contributed by atoms with van der Waals surface area (Å²) in [4.78, 5) is 39.8. The van der Waals surface area contributed by atoms with Crippen molar-refractivity contribution in [2.75, 3.05) is 44.3 Å². The number of piperidine rings is 1. The molecule has 0 N–H and O–H groups in total. The van der Waals surface area contributed by atoms with Crippen LogP contribution in [0.15, 0.2) is 60.8 Å². The highest BCUT2D eigenvalue weighted by Crippen LogP contribution is 2.38. The molecule has 3 aromatic rings. The second-order valence-corrected chi connectivity index (χ2v) is 9.53. The largest absolute Gasteiger partial charge is 0.378 e. The number of hydrogen-bond acceptors (Lipinski definition) is 6. The molecule has 2 aromatic carbocycles. The Hall–Kier alpha value is -3.65. The number of rotatable bonds is 6. The number of hydrogen-bond donors (Lipinski definition) is 0. The molecule has 0 bridgehead atoms. The van der Waals surface area contributed by atoms with Crippen LogP contribution in [0.25, 0.3) is 11.3 Å². The lowest BCUT2D eigenvalue weighted by Crippen LogP contribution is -2.49. The maximum Gasteiger partial charge on any atom is 0.257 e. The van der Waals surface area contributed by atoms with E-state index in [9.17, 15) is 14.0 Å². The molecule has 7 nitrogen and oxygen atoms in total. The number of nitrogens with zero attached hydrogens (tertiary/aromatic N) is 4. The Morgan fingerprint density at radius 3 is 2.32 bits per heavy atom. The molecule has 0 spiro atoms. The maximum absolute atomic E-state index is 14.9. The molecule has 2 aliphatic heterocycles. The summed E-state index contributed by atoms with van der Waals surface area (Å²) >= 11 is 0. The van der Waals surface area contributed by atoms with Crippen molar-refractivity contribution in [3.63, 3.8) is 0 Å². The predicted molar refractivity (Wildman–Crippen MR) is 139 cm³/mol. The number of morpholine rings is 1. The number of ketones is 1. The Morgan fingerprint density at radius 2 is 1.65 bits per heavy atom. The monoisotopic (exact) mass is 502 g/mol. The minimum absolute atomic E-state index is 0.191. The van der Waals surface area contributed by atoms with Crippen LogP contribution in [0.3, 0.4) is 0 Å². The van der Waals surface area contributed by atoms with Gasteiger partial charge in [0, 0.05) is 44.4 Å². The van der Waals surface area contributed by atoms with E-state index in [2.05, 4.69) is 9.97 Å². The quantitative estimate of drug-likeness (QED) is 0.501. The van der Waals surface area contributed by atoms with Gasteiger partial charge in [0.15, 0.2) is 0 Å². The molecule has 1 amide bonds. The van der Waals surface area contributed by atoms with Crippen molar-refractivity contribution in [1.82, 2.24) is 14.9 Å². The van der Waals surface area contributed by atoms with Crippen LogP contribution in [-0.4, -0.2) is 66.0 Å². The van der Waals surface area contributed by atoms with E-state index in [1.165, 1.54) is 12.3 Å². The highest BCUT2D eigenvalue weighted by Gasteiger charge is 2.42. The summed E-state index contributed by atoms with van der Waals surface area (Å²) in [7, 11) is 0. The van der Waals surface area contributed by atoms with Crippen LogP contribution in [0.5, 0.6) is 0 Å². The lowest BCUT2D eigenvalue weighted by Gasteiger charge is -2.41. The van der Waals surface area contributed by atoms with Crippen molar-refractivity contribution in [3.05, 3.63) is 77.7 Å². The fourth-order valence-electron chi connectivity index (χ4n) is 5.39. The molecule has 0 saturated carbocycles. The number of aromatic nitrogens is 2. The number of Topliss-reactive ketones (excluding diaryl/α,β-unsaturated/α-hetero) is 1. The van der Waals surface area contributed by atoms with Crippen LogP contribution in [0.1, 0.15) is 42.1 Å². The zero-order chi connectivity index (χ0) is 25.8. The maximum atomic E-state index is 14.9. The van der Waals surface area contributed by atoms with Gasteiger partial charge >= 0.3 is 0 Å². The van der Waals surface area contributed by atoms with Crippen LogP contribution >= 0.6 is 0 Å². The molecule has 0 radical (unpaired) electrons. The number of anilines is 1. The van der Waals surface area contributed by atoms with E-state index in [0.29, 0.717) is 64.6 Å². The number of carbonyl (C=O) groups excluding carboxylic acids is 2. The van der Waals surface area contributed by atoms with Crippen LogP contribution in [-0.2, 0) is 14.9 Å². The van der Waals surface area contributed by atoms with Gasteiger partial charge in [0.05, 0.1) is 29.9 Å². The molecule has 3 heterocycles. The number of amides is 1. The average molecular weight is 503 g/mol. The summed E-state index contributed by atoms with van der Waals surface area (Å²) < 4.78 is 20.3. The molecule has 2 aliphatic rings. The van der Waals surface area contributed by atoms with Gasteiger partial charge in [-0.05, 0) is 30.5 Å². The van der Waals surface area contributed by atoms with Crippen molar-refractivity contribution in [2.24, 2.45) is 0 Å². The highest BCUT2D eigenvalue weighted by atomic mass is 19.1. The number of benzene rings is 2. The lowest BCUT2D eigenvalue weighted by atomic mass is 9.69. The minimum atomic E-state index is -0.599. The zero-order valence-corrected chi connectivity index (χ0v) is 21.0. The molecular weight excluding hydrogens is 471 g/mol.